The zero-order valence-electron chi connectivity index (χ0n) is 6.58. The number of nitrogens with zero attached hydrogens (tertiary/aromatic N) is 2. The Labute approximate surface area is 69.1 Å². The van der Waals surface area contributed by atoms with Crippen LogP contribution in [0.25, 0.3) is 10.9 Å². The van der Waals surface area contributed by atoms with E-state index >= 15 is 0 Å². The summed E-state index contributed by atoms with van der Waals surface area (Å²) in [7, 11) is 0. The first-order valence-corrected chi connectivity index (χ1v) is 3.65. The number of hydrogen-bond donors (Lipinski definition) is 0. The van der Waals surface area contributed by atoms with Gasteiger partial charge in [0, 0.05) is 11.6 Å². The number of fused-ring (bicyclic) bond motifs is 1. The molecule has 1 heterocycles. The lowest BCUT2D eigenvalue weighted by molar-refractivity contribution is 0.636. The molecule has 0 saturated carbocycles. The van der Waals surface area contributed by atoms with Crippen LogP contribution >= 0.6 is 0 Å². The maximum atomic E-state index is 13.1. The van der Waals surface area contributed by atoms with E-state index < -0.39 is 0 Å². The molecule has 0 aliphatic carbocycles. The van der Waals surface area contributed by atoms with Crippen molar-refractivity contribution >= 4 is 10.9 Å². The quantitative estimate of drug-likeness (QED) is 0.592. The van der Waals surface area contributed by atoms with Gasteiger partial charge in [-0.15, -0.1) is 0 Å². The molecule has 2 aromatic rings. The Balaban J connectivity index is 2.88. The minimum atomic E-state index is -0.294. The second-order valence-electron chi connectivity index (χ2n) is 2.59. The van der Waals surface area contributed by atoms with Crippen LogP contribution in [0.4, 0.5) is 4.39 Å². The number of benzene rings is 1. The van der Waals surface area contributed by atoms with Gasteiger partial charge in [-0.2, -0.15) is 0 Å². The Bertz CT molecular complexity index is 426. The normalized spacial score (nSPS) is 10.5. The molecular weight excluding hydrogens is 155 g/mol. The summed E-state index contributed by atoms with van der Waals surface area (Å²) in [4.78, 5) is 7.96. The van der Waals surface area contributed by atoms with Crippen molar-refractivity contribution in [1.82, 2.24) is 9.97 Å². The molecule has 0 spiro atoms. The predicted octanol–water partition coefficient (Wildman–Crippen LogP) is 2.08. The molecule has 2 nitrogen and oxygen atoms in total. The summed E-state index contributed by atoms with van der Waals surface area (Å²) in [6, 6.07) is 4.84. The van der Waals surface area contributed by atoms with Gasteiger partial charge in [0.15, 0.2) is 0 Å². The van der Waals surface area contributed by atoms with Crippen LogP contribution in [0, 0.1) is 12.7 Å². The maximum absolute atomic E-state index is 13.1. The molecule has 0 fully saturated rings. The van der Waals surface area contributed by atoms with E-state index in [9.17, 15) is 4.39 Å². The molecule has 0 bridgehead atoms. The monoisotopic (exact) mass is 162 g/mol. The summed E-state index contributed by atoms with van der Waals surface area (Å²) < 4.78 is 13.1. The number of rotatable bonds is 0. The van der Waals surface area contributed by atoms with Crippen molar-refractivity contribution in [3.8, 4) is 0 Å². The molecule has 0 atom stereocenters. The van der Waals surface area contributed by atoms with Crippen LogP contribution in [0.5, 0.6) is 0 Å². The summed E-state index contributed by atoms with van der Waals surface area (Å²) in [5, 5.41) is 0.737. The highest BCUT2D eigenvalue weighted by Crippen LogP contribution is 2.13. The molecule has 2 rings (SSSR count). The van der Waals surface area contributed by atoms with Gasteiger partial charge in [0.25, 0.3) is 0 Å². The molecule has 0 unspecified atom stereocenters. The lowest BCUT2D eigenvalue weighted by Gasteiger charge is -1.97. The molecule has 12 heavy (non-hydrogen) atoms. The Morgan fingerprint density at radius 1 is 1.33 bits per heavy atom. The SMILES string of the molecule is Cc1ncc2cccc(F)c2n1. The van der Waals surface area contributed by atoms with Gasteiger partial charge in [-0.3, -0.25) is 0 Å². The molecule has 0 aliphatic heterocycles. The summed E-state index contributed by atoms with van der Waals surface area (Å²) in [6.45, 7) is 1.74. The highest BCUT2D eigenvalue weighted by molar-refractivity contribution is 5.77. The Kier molecular flexibility index (Phi) is 1.50. The molecule has 0 N–H and O–H groups in total. The van der Waals surface area contributed by atoms with Crippen molar-refractivity contribution in [2.24, 2.45) is 0 Å². The third-order valence-corrected chi connectivity index (χ3v) is 1.68. The zero-order chi connectivity index (χ0) is 8.55. The van der Waals surface area contributed by atoms with Crippen molar-refractivity contribution in [2.45, 2.75) is 6.92 Å². The van der Waals surface area contributed by atoms with Crippen LogP contribution in [-0.2, 0) is 0 Å². The van der Waals surface area contributed by atoms with Gasteiger partial charge in [-0.1, -0.05) is 12.1 Å². The van der Waals surface area contributed by atoms with E-state index in [1.807, 2.05) is 0 Å². The maximum Gasteiger partial charge on any atom is 0.149 e. The third-order valence-electron chi connectivity index (χ3n) is 1.68. The predicted molar refractivity (Wildman–Crippen MR) is 44.2 cm³/mol. The molecule has 3 heteroatoms. The molecular formula is C9H7FN2. The van der Waals surface area contributed by atoms with E-state index in [1.54, 1.807) is 25.3 Å². The second-order valence-corrected chi connectivity index (χ2v) is 2.59. The minimum Gasteiger partial charge on any atom is -0.241 e. The standard InChI is InChI=1S/C9H7FN2/c1-6-11-5-7-3-2-4-8(10)9(7)12-6/h2-5H,1H3. The topological polar surface area (TPSA) is 25.8 Å². The lowest BCUT2D eigenvalue weighted by atomic mass is 10.2. The first kappa shape index (κ1) is 7.16. The van der Waals surface area contributed by atoms with Gasteiger partial charge in [0.1, 0.15) is 17.2 Å². The van der Waals surface area contributed by atoms with Crippen LogP contribution in [0.3, 0.4) is 0 Å². The third kappa shape index (κ3) is 1.03. The zero-order valence-corrected chi connectivity index (χ0v) is 6.58. The number of halogens is 1. The fourth-order valence-corrected chi connectivity index (χ4v) is 1.11. The highest BCUT2D eigenvalue weighted by atomic mass is 19.1. The first-order valence-electron chi connectivity index (χ1n) is 3.65. The Morgan fingerprint density at radius 3 is 3.00 bits per heavy atom. The fourth-order valence-electron chi connectivity index (χ4n) is 1.11. The van der Waals surface area contributed by atoms with Gasteiger partial charge in [-0.05, 0) is 13.0 Å². The van der Waals surface area contributed by atoms with Crippen LogP contribution < -0.4 is 0 Å². The van der Waals surface area contributed by atoms with Crippen molar-refractivity contribution in [1.29, 1.82) is 0 Å². The highest BCUT2D eigenvalue weighted by Gasteiger charge is 2.00. The van der Waals surface area contributed by atoms with Gasteiger partial charge in [0.2, 0.25) is 0 Å². The first-order chi connectivity index (χ1) is 5.77. The molecule has 0 radical (unpaired) electrons. The Hall–Kier alpha value is -1.51. The smallest absolute Gasteiger partial charge is 0.149 e. The second kappa shape index (κ2) is 2.52. The average Bonchev–Trinajstić information content (AvgIpc) is 2.07. The van der Waals surface area contributed by atoms with E-state index in [2.05, 4.69) is 9.97 Å². The van der Waals surface area contributed by atoms with E-state index in [-0.39, 0.29) is 5.82 Å². The number of hydrogen-bond acceptors (Lipinski definition) is 2. The molecule has 60 valence electrons. The fraction of sp³-hybridized carbons (Fsp3) is 0.111. The molecule has 1 aromatic carbocycles. The minimum absolute atomic E-state index is 0.294. The van der Waals surface area contributed by atoms with E-state index in [4.69, 9.17) is 0 Å². The number of aromatic nitrogens is 2. The molecule has 0 saturated heterocycles. The van der Waals surface area contributed by atoms with Gasteiger partial charge in [0.05, 0.1) is 0 Å². The molecule has 0 aliphatic rings. The van der Waals surface area contributed by atoms with Crippen molar-refractivity contribution < 1.29 is 4.39 Å². The summed E-state index contributed by atoms with van der Waals surface area (Å²) in [6.07, 6.45) is 1.63. The number of para-hydroxylation sites is 1. The number of aryl methyl sites for hydroxylation is 1. The lowest BCUT2D eigenvalue weighted by Crippen LogP contribution is -1.89. The summed E-state index contributed by atoms with van der Waals surface area (Å²) in [5.74, 6) is 0.297. The van der Waals surface area contributed by atoms with Crippen molar-refractivity contribution in [3.05, 3.63) is 36.0 Å². The van der Waals surface area contributed by atoms with E-state index in [1.165, 1.54) is 6.07 Å². The van der Waals surface area contributed by atoms with Gasteiger partial charge < -0.3 is 0 Å². The summed E-state index contributed by atoms with van der Waals surface area (Å²) in [5.41, 5.74) is 0.394. The summed E-state index contributed by atoms with van der Waals surface area (Å²) >= 11 is 0. The largest absolute Gasteiger partial charge is 0.241 e. The van der Waals surface area contributed by atoms with Gasteiger partial charge in [-0.25, -0.2) is 14.4 Å². The van der Waals surface area contributed by atoms with Crippen LogP contribution in [0.2, 0.25) is 0 Å². The molecule has 1 aromatic heterocycles. The van der Waals surface area contributed by atoms with E-state index in [0.717, 1.165) is 5.39 Å². The van der Waals surface area contributed by atoms with Crippen LogP contribution in [0.1, 0.15) is 5.82 Å². The molecule has 0 amide bonds. The van der Waals surface area contributed by atoms with Crippen LogP contribution in [-0.4, -0.2) is 9.97 Å². The van der Waals surface area contributed by atoms with Gasteiger partial charge >= 0.3 is 0 Å². The average molecular weight is 162 g/mol. The van der Waals surface area contributed by atoms with Crippen LogP contribution in [0.15, 0.2) is 24.4 Å². The van der Waals surface area contributed by atoms with Crippen molar-refractivity contribution in [3.63, 3.8) is 0 Å². The van der Waals surface area contributed by atoms with Crippen molar-refractivity contribution in [2.75, 3.05) is 0 Å². The Morgan fingerprint density at radius 2 is 2.17 bits per heavy atom. The van der Waals surface area contributed by atoms with E-state index in [0.29, 0.717) is 11.3 Å².